The van der Waals surface area contributed by atoms with Crippen LogP contribution in [-0.2, 0) is 11.2 Å². The van der Waals surface area contributed by atoms with Crippen LogP contribution in [0.1, 0.15) is 37.7 Å². The van der Waals surface area contributed by atoms with Crippen LogP contribution in [0.15, 0.2) is 24.3 Å². The lowest BCUT2D eigenvalue weighted by Crippen LogP contribution is -2.51. The van der Waals surface area contributed by atoms with E-state index in [1.54, 1.807) is 18.2 Å². The van der Waals surface area contributed by atoms with Gasteiger partial charge in [0.15, 0.2) is 0 Å². The lowest BCUT2D eigenvalue weighted by molar-refractivity contribution is -0.122. The predicted octanol–water partition coefficient (Wildman–Crippen LogP) is 3.43. The molecule has 1 aromatic rings. The molecule has 0 saturated heterocycles. The highest BCUT2D eigenvalue weighted by atomic mass is 35.5. The van der Waals surface area contributed by atoms with Gasteiger partial charge in [-0.1, -0.05) is 37.5 Å². The third kappa shape index (κ3) is 3.69. The van der Waals surface area contributed by atoms with Crippen molar-refractivity contribution in [1.29, 1.82) is 0 Å². The van der Waals surface area contributed by atoms with Gasteiger partial charge in [0, 0.05) is 5.88 Å². The van der Waals surface area contributed by atoms with E-state index in [2.05, 4.69) is 5.32 Å². The first-order chi connectivity index (χ1) is 9.15. The summed E-state index contributed by atoms with van der Waals surface area (Å²) in [7, 11) is 0. The van der Waals surface area contributed by atoms with Crippen molar-refractivity contribution in [2.24, 2.45) is 0 Å². The molecule has 0 radical (unpaired) electrons. The Labute approximate surface area is 118 Å². The highest BCUT2D eigenvalue weighted by molar-refractivity contribution is 6.18. The minimum atomic E-state index is -0.332. The Bertz CT molecular complexity index is 444. The number of alkyl halides is 1. The fraction of sp³-hybridized carbons (Fsp3) is 0.533. The van der Waals surface area contributed by atoms with Gasteiger partial charge in [-0.05, 0) is 24.5 Å². The van der Waals surface area contributed by atoms with Gasteiger partial charge < -0.3 is 5.32 Å². The van der Waals surface area contributed by atoms with Crippen LogP contribution in [0.2, 0.25) is 0 Å². The molecule has 0 aliphatic heterocycles. The van der Waals surface area contributed by atoms with E-state index < -0.39 is 0 Å². The van der Waals surface area contributed by atoms with Gasteiger partial charge in [-0.25, -0.2) is 4.39 Å². The molecular formula is C15H19ClFNO. The molecule has 1 saturated carbocycles. The quantitative estimate of drug-likeness (QED) is 0.843. The van der Waals surface area contributed by atoms with E-state index in [0.717, 1.165) is 25.7 Å². The number of halogens is 2. The van der Waals surface area contributed by atoms with Gasteiger partial charge >= 0.3 is 0 Å². The molecule has 0 atom stereocenters. The van der Waals surface area contributed by atoms with Crippen molar-refractivity contribution < 1.29 is 9.18 Å². The minimum Gasteiger partial charge on any atom is -0.349 e. The number of rotatable bonds is 4. The molecule has 0 aromatic heterocycles. The molecule has 1 fully saturated rings. The number of benzene rings is 1. The molecule has 0 unspecified atom stereocenters. The number of carbonyl (C=O) groups is 1. The summed E-state index contributed by atoms with van der Waals surface area (Å²) >= 11 is 6.03. The fourth-order valence-electron chi connectivity index (χ4n) is 2.68. The highest BCUT2D eigenvalue weighted by Crippen LogP contribution is 2.29. The van der Waals surface area contributed by atoms with Crippen molar-refractivity contribution in [2.75, 3.05) is 5.88 Å². The summed E-state index contributed by atoms with van der Waals surface area (Å²) < 4.78 is 13.5. The minimum absolute atomic E-state index is 0.0747. The van der Waals surface area contributed by atoms with Crippen molar-refractivity contribution in [3.05, 3.63) is 35.6 Å². The van der Waals surface area contributed by atoms with Crippen LogP contribution in [0.5, 0.6) is 0 Å². The number of hydrogen-bond acceptors (Lipinski definition) is 1. The fourth-order valence-corrected chi connectivity index (χ4v) is 3.01. The SMILES string of the molecule is O=C(Cc1ccccc1F)NC1(CCl)CCCCC1. The summed E-state index contributed by atoms with van der Waals surface area (Å²) in [5.74, 6) is -0.0513. The second-order valence-electron chi connectivity index (χ2n) is 5.29. The maximum Gasteiger partial charge on any atom is 0.224 e. The Morgan fingerprint density at radius 3 is 2.58 bits per heavy atom. The molecule has 0 spiro atoms. The third-order valence-corrected chi connectivity index (χ3v) is 4.29. The molecule has 1 aliphatic rings. The number of nitrogens with one attached hydrogen (secondary N) is 1. The van der Waals surface area contributed by atoms with Crippen molar-refractivity contribution in [3.8, 4) is 0 Å². The smallest absolute Gasteiger partial charge is 0.224 e. The van der Waals surface area contributed by atoms with Crippen molar-refractivity contribution in [2.45, 2.75) is 44.1 Å². The van der Waals surface area contributed by atoms with Crippen LogP contribution in [0, 0.1) is 5.82 Å². The van der Waals surface area contributed by atoms with Crippen LogP contribution in [0.25, 0.3) is 0 Å². The molecule has 0 heterocycles. The molecule has 1 aromatic carbocycles. The molecular weight excluding hydrogens is 265 g/mol. The van der Waals surface area contributed by atoms with Crippen molar-refractivity contribution >= 4 is 17.5 Å². The van der Waals surface area contributed by atoms with Crippen LogP contribution in [-0.4, -0.2) is 17.3 Å². The third-order valence-electron chi connectivity index (χ3n) is 3.78. The zero-order chi connectivity index (χ0) is 13.7. The standard InChI is InChI=1S/C15H19ClFNO/c16-11-15(8-4-1-5-9-15)18-14(19)10-12-6-2-3-7-13(12)17/h2-3,6-7H,1,4-5,8-11H2,(H,18,19). The first-order valence-electron chi connectivity index (χ1n) is 6.76. The topological polar surface area (TPSA) is 29.1 Å². The Hall–Kier alpha value is -1.09. The number of carbonyl (C=O) groups excluding carboxylic acids is 1. The number of hydrogen-bond donors (Lipinski definition) is 1. The lowest BCUT2D eigenvalue weighted by atomic mass is 9.83. The second kappa shape index (κ2) is 6.38. The van der Waals surface area contributed by atoms with Crippen molar-refractivity contribution in [1.82, 2.24) is 5.32 Å². The zero-order valence-electron chi connectivity index (χ0n) is 10.9. The first kappa shape index (κ1) is 14.3. The van der Waals surface area contributed by atoms with Gasteiger partial charge in [-0.3, -0.25) is 4.79 Å². The van der Waals surface area contributed by atoms with E-state index in [4.69, 9.17) is 11.6 Å². The average Bonchev–Trinajstić information content (AvgIpc) is 2.42. The van der Waals surface area contributed by atoms with Gasteiger partial charge in [0.2, 0.25) is 5.91 Å². The molecule has 104 valence electrons. The largest absolute Gasteiger partial charge is 0.349 e. The summed E-state index contributed by atoms with van der Waals surface area (Å²) in [6.45, 7) is 0. The number of amides is 1. The summed E-state index contributed by atoms with van der Waals surface area (Å²) in [6, 6.07) is 6.38. The Morgan fingerprint density at radius 2 is 1.95 bits per heavy atom. The summed E-state index contributed by atoms with van der Waals surface area (Å²) in [4.78, 5) is 12.1. The van der Waals surface area contributed by atoms with Crippen LogP contribution < -0.4 is 5.32 Å². The maximum atomic E-state index is 13.5. The average molecular weight is 284 g/mol. The normalized spacial score (nSPS) is 18.0. The molecule has 4 heteroatoms. The van der Waals surface area contributed by atoms with E-state index >= 15 is 0 Å². The molecule has 1 aliphatic carbocycles. The Kier molecular flexibility index (Phi) is 4.81. The summed E-state index contributed by atoms with van der Waals surface area (Å²) in [6.07, 6.45) is 5.28. The zero-order valence-corrected chi connectivity index (χ0v) is 11.7. The molecule has 1 N–H and O–H groups in total. The highest BCUT2D eigenvalue weighted by Gasteiger charge is 2.32. The summed E-state index contributed by atoms with van der Waals surface area (Å²) in [5, 5.41) is 3.02. The summed E-state index contributed by atoms with van der Waals surface area (Å²) in [5.41, 5.74) is 0.142. The van der Waals surface area contributed by atoms with E-state index in [1.807, 2.05) is 0 Å². The van der Waals surface area contributed by atoms with E-state index in [1.165, 1.54) is 12.5 Å². The molecule has 19 heavy (non-hydrogen) atoms. The first-order valence-corrected chi connectivity index (χ1v) is 7.29. The van der Waals surface area contributed by atoms with Gasteiger partial charge in [-0.2, -0.15) is 0 Å². The molecule has 0 bridgehead atoms. The van der Waals surface area contributed by atoms with Crippen LogP contribution in [0.4, 0.5) is 4.39 Å². The van der Waals surface area contributed by atoms with Crippen LogP contribution in [0.3, 0.4) is 0 Å². The van der Waals surface area contributed by atoms with E-state index in [9.17, 15) is 9.18 Å². The molecule has 1 amide bonds. The Morgan fingerprint density at radius 1 is 1.26 bits per heavy atom. The van der Waals surface area contributed by atoms with Gasteiger partial charge in [0.1, 0.15) is 5.82 Å². The van der Waals surface area contributed by atoms with E-state index in [0.29, 0.717) is 11.4 Å². The predicted molar refractivity (Wildman–Crippen MR) is 74.8 cm³/mol. The molecule has 2 rings (SSSR count). The van der Waals surface area contributed by atoms with E-state index in [-0.39, 0.29) is 23.7 Å². The maximum absolute atomic E-state index is 13.5. The van der Waals surface area contributed by atoms with Crippen molar-refractivity contribution in [3.63, 3.8) is 0 Å². The van der Waals surface area contributed by atoms with Crippen LogP contribution >= 0.6 is 11.6 Å². The lowest BCUT2D eigenvalue weighted by Gasteiger charge is -2.36. The Balaban J connectivity index is 1.98. The van der Waals surface area contributed by atoms with Gasteiger partial charge in [0.25, 0.3) is 0 Å². The second-order valence-corrected chi connectivity index (χ2v) is 5.56. The van der Waals surface area contributed by atoms with Gasteiger partial charge in [0.05, 0.1) is 12.0 Å². The monoisotopic (exact) mass is 283 g/mol. The molecule has 2 nitrogen and oxygen atoms in total. The van der Waals surface area contributed by atoms with Gasteiger partial charge in [-0.15, -0.1) is 11.6 Å².